The first-order valence-electron chi connectivity index (χ1n) is 5.86. The maximum absolute atomic E-state index is 13.9. The van der Waals surface area contributed by atoms with Gasteiger partial charge in [-0.05, 0) is 43.8 Å². The van der Waals surface area contributed by atoms with Crippen LogP contribution >= 0.6 is 22.9 Å². The third-order valence-corrected chi connectivity index (χ3v) is 4.02. The molecule has 1 heterocycles. The molecular formula is C14H15ClFNS. The van der Waals surface area contributed by atoms with Gasteiger partial charge in [0, 0.05) is 20.3 Å². The van der Waals surface area contributed by atoms with Gasteiger partial charge in [-0.2, -0.15) is 0 Å². The minimum atomic E-state index is -0.226. The Hall–Kier alpha value is -0.900. The Bertz CT molecular complexity index is 538. The molecule has 0 saturated heterocycles. The molecule has 96 valence electrons. The van der Waals surface area contributed by atoms with Gasteiger partial charge in [-0.1, -0.05) is 18.5 Å². The first-order chi connectivity index (χ1) is 8.61. The van der Waals surface area contributed by atoms with E-state index < -0.39 is 0 Å². The van der Waals surface area contributed by atoms with Gasteiger partial charge in [0.15, 0.2) is 0 Å². The van der Waals surface area contributed by atoms with Crippen molar-refractivity contribution in [3.63, 3.8) is 0 Å². The van der Waals surface area contributed by atoms with E-state index in [9.17, 15) is 4.39 Å². The maximum Gasteiger partial charge on any atom is 0.128 e. The zero-order valence-corrected chi connectivity index (χ0v) is 11.9. The monoisotopic (exact) mass is 283 g/mol. The second-order valence-corrected chi connectivity index (χ2v) is 5.86. The lowest BCUT2D eigenvalue weighted by molar-refractivity contribution is 0.563. The van der Waals surface area contributed by atoms with Gasteiger partial charge in [-0.3, -0.25) is 0 Å². The van der Waals surface area contributed by atoms with Crippen molar-refractivity contribution in [1.29, 1.82) is 0 Å². The van der Waals surface area contributed by atoms with Gasteiger partial charge in [0.25, 0.3) is 0 Å². The number of benzene rings is 1. The topological polar surface area (TPSA) is 12.0 Å². The molecule has 1 nitrogen and oxygen atoms in total. The molecule has 2 aromatic rings. The quantitative estimate of drug-likeness (QED) is 0.868. The van der Waals surface area contributed by atoms with Gasteiger partial charge in [-0.15, -0.1) is 11.3 Å². The Morgan fingerprint density at radius 1 is 1.33 bits per heavy atom. The zero-order chi connectivity index (χ0) is 13.1. The molecule has 0 saturated carbocycles. The first-order valence-corrected chi connectivity index (χ1v) is 7.06. The minimum Gasteiger partial charge on any atom is -0.306 e. The van der Waals surface area contributed by atoms with Crippen molar-refractivity contribution in [2.45, 2.75) is 19.9 Å². The van der Waals surface area contributed by atoms with Crippen LogP contribution < -0.4 is 5.32 Å². The number of rotatable bonds is 4. The van der Waals surface area contributed by atoms with Crippen LogP contribution in [0.4, 0.5) is 4.39 Å². The molecule has 1 N–H and O–H groups in total. The predicted molar refractivity (Wildman–Crippen MR) is 76.0 cm³/mol. The molecular weight excluding hydrogens is 269 g/mol. The summed E-state index contributed by atoms with van der Waals surface area (Å²) in [6, 6.07) is 8.64. The van der Waals surface area contributed by atoms with E-state index in [1.54, 1.807) is 23.5 Å². The summed E-state index contributed by atoms with van der Waals surface area (Å²) >= 11 is 7.64. The molecule has 0 spiro atoms. The summed E-state index contributed by atoms with van der Waals surface area (Å²) in [4.78, 5) is 2.32. The average Bonchev–Trinajstić information content (AvgIpc) is 2.76. The molecule has 0 amide bonds. The second kappa shape index (κ2) is 5.83. The fraction of sp³-hybridized carbons (Fsp3) is 0.286. The minimum absolute atomic E-state index is 0.132. The first kappa shape index (κ1) is 13.5. The third kappa shape index (κ3) is 2.91. The Labute approximate surface area is 116 Å². The van der Waals surface area contributed by atoms with Crippen LogP contribution in [0.2, 0.25) is 5.02 Å². The smallest absolute Gasteiger partial charge is 0.128 e. The summed E-state index contributed by atoms with van der Waals surface area (Å²) < 4.78 is 13.9. The molecule has 0 aliphatic heterocycles. The number of aryl methyl sites for hydroxylation is 1. The second-order valence-electron chi connectivity index (χ2n) is 4.10. The number of halogens is 2. The summed E-state index contributed by atoms with van der Waals surface area (Å²) in [5.41, 5.74) is 0.603. The highest BCUT2D eigenvalue weighted by Crippen LogP contribution is 2.31. The molecule has 4 heteroatoms. The molecule has 1 aromatic carbocycles. The molecule has 1 unspecified atom stereocenters. The van der Waals surface area contributed by atoms with Crippen LogP contribution in [0.1, 0.15) is 28.3 Å². The Kier molecular flexibility index (Phi) is 4.38. The van der Waals surface area contributed by atoms with E-state index in [0.717, 1.165) is 11.4 Å². The molecule has 0 radical (unpaired) electrons. The molecule has 18 heavy (non-hydrogen) atoms. The van der Waals surface area contributed by atoms with Gasteiger partial charge in [0.05, 0.1) is 6.04 Å². The summed E-state index contributed by atoms with van der Waals surface area (Å²) in [6.07, 6.45) is 0. The molecule has 1 atom stereocenters. The normalized spacial score (nSPS) is 12.7. The summed E-state index contributed by atoms with van der Waals surface area (Å²) in [5.74, 6) is -0.226. The lowest BCUT2D eigenvalue weighted by Crippen LogP contribution is -2.22. The van der Waals surface area contributed by atoms with Crippen LogP contribution in [-0.4, -0.2) is 6.54 Å². The van der Waals surface area contributed by atoms with Crippen molar-refractivity contribution in [3.05, 3.63) is 56.5 Å². The number of thiophene rings is 1. The van der Waals surface area contributed by atoms with Crippen LogP contribution in [0, 0.1) is 12.7 Å². The third-order valence-electron chi connectivity index (χ3n) is 2.72. The van der Waals surface area contributed by atoms with E-state index in [4.69, 9.17) is 11.6 Å². The predicted octanol–water partition coefficient (Wildman–Crippen LogP) is 4.55. The van der Waals surface area contributed by atoms with Crippen molar-refractivity contribution in [2.75, 3.05) is 6.54 Å². The van der Waals surface area contributed by atoms with E-state index in [0.29, 0.717) is 10.6 Å². The van der Waals surface area contributed by atoms with Gasteiger partial charge < -0.3 is 5.32 Å². The summed E-state index contributed by atoms with van der Waals surface area (Å²) in [5, 5.41) is 3.87. The maximum atomic E-state index is 13.9. The van der Waals surface area contributed by atoms with Crippen molar-refractivity contribution < 1.29 is 4.39 Å². The largest absolute Gasteiger partial charge is 0.306 e. The van der Waals surface area contributed by atoms with Crippen molar-refractivity contribution in [1.82, 2.24) is 5.32 Å². The van der Waals surface area contributed by atoms with Crippen LogP contribution in [0.3, 0.4) is 0 Å². The number of hydrogen-bond donors (Lipinski definition) is 1. The van der Waals surface area contributed by atoms with E-state index in [-0.39, 0.29) is 11.9 Å². The lowest BCUT2D eigenvalue weighted by atomic mass is 10.0. The van der Waals surface area contributed by atoms with Crippen molar-refractivity contribution in [3.8, 4) is 0 Å². The van der Waals surface area contributed by atoms with Crippen molar-refractivity contribution in [2.24, 2.45) is 0 Å². The molecule has 0 aliphatic carbocycles. The Balaban J connectivity index is 2.44. The van der Waals surface area contributed by atoms with Gasteiger partial charge in [0.1, 0.15) is 5.82 Å². The number of nitrogens with one attached hydrogen (secondary N) is 1. The van der Waals surface area contributed by atoms with Crippen LogP contribution in [0.5, 0.6) is 0 Å². The van der Waals surface area contributed by atoms with Crippen LogP contribution in [0.25, 0.3) is 0 Å². The van der Waals surface area contributed by atoms with Gasteiger partial charge in [0.2, 0.25) is 0 Å². The van der Waals surface area contributed by atoms with Crippen LogP contribution in [-0.2, 0) is 0 Å². The SMILES string of the molecule is CCNC(c1ccc(C)s1)c1cc(Cl)ccc1F. The number of hydrogen-bond acceptors (Lipinski definition) is 2. The van der Waals surface area contributed by atoms with Crippen molar-refractivity contribution >= 4 is 22.9 Å². The molecule has 0 aliphatic rings. The Morgan fingerprint density at radius 3 is 2.72 bits per heavy atom. The molecule has 0 bridgehead atoms. The van der Waals surface area contributed by atoms with E-state index in [1.807, 2.05) is 26.0 Å². The summed E-state index contributed by atoms with van der Waals surface area (Å²) in [6.45, 7) is 4.83. The highest BCUT2D eigenvalue weighted by Gasteiger charge is 2.18. The highest BCUT2D eigenvalue weighted by molar-refractivity contribution is 7.12. The zero-order valence-electron chi connectivity index (χ0n) is 10.3. The van der Waals surface area contributed by atoms with E-state index in [1.165, 1.54) is 10.9 Å². The average molecular weight is 284 g/mol. The van der Waals surface area contributed by atoms with Gasteiger partial charge >= 0.3 is 0 Å². The molecule has 2 rings (SSSR count). The highest BCUT2D eigenvalue weighted by atomic mass is 35.5. The molecule has 0 fully saturated rings. The fourth-order valence-corrected chi connectivity index (χ4v) is 3.06. The lowest BCUT2D eigenvalue weighted by Gasteiger charge is -2.18. The Morgan fingerprint density at radius 2 is 2.11 bits per heavy atom. The van der Waals surface area contributed by atoms with Crippen LogP contribution in [0.15, 0.2) is 30.3 Å². The summed E-state index contributed by atoms with van der Waals surface area (Å²) in [7, 11) is 0. The fourth-order valence-electron chi connectivity index (χ4n) is 1.91. The standard InChI is InChI=1S/C14H15ClFNS/c1-3-17-14(13-7-4-9(2)18-13)11-8-10(15)5-6-12(11)16/h4-8,14,17H,3H2,1-2H3. The van der Waals surface area contributed by atoms with E-state index >= 15 is 0 Å². The molecule has 1 aromatic heterocycles. The van der Waals surface area contributed by atoms with E-state index in [2.05, 4.69) is 5.32 Å². The van der Waals surface area contributed by atoms with Gasteiger partial charge in [-0.25, -0.2) is 4.39 Å².